The van der Waals surface area contributed by atoms with Gasteiger partial charge in [0, 0.05) is 28.2 Å². The molecule has 0 radical (unpaired) electrons. The molecule has 1 aromatic heterocycles. The number of H-pyrrole nitrogens is 1. The molecule has 1 heterocycles. The summed E-state index contributed by atoms with van der Waals surface area (Å²) < 4.78 is 5.89. The molecular weight excluding hydrogens is 274 g/mol. The summed E-state index contributed by atoms with van der Waals surface area (Å²) in [5.41, 5.74) is 2.33. The second kappa shape index (κ2) is 5.34. The quantitative estimate of drug-likeness (QED) is 0.762. The molecule has 3 rings (SSSR count). The maximum atomic E-state index is 12.2. The van der Waals surface area contributed by atoms with Crippen molar-refractivity contribution in [3.8, 4) is 17.0 Å². The largest absolute Gasteiger partial charge is 0.488 e. The number of aromatic amines is 1. The van der Waals surface area contributed by atoms with Crippen LogP contribution >= 0.6 is 0 Å². The van der Waals surface area contributed by atoms with E-state index < -0.39 is 0 Å². The van der Waals surface area contributed by atoms with Crippen LogP contribution in [-0.4, -0.2) is 10.6 Å². The molecule has 3 heteroatoms. The summed E-state index contributed by atoms with van der Waals surface area (Å²) in [6.45, 7) is 6.03. The minimum Gasteiger partial charge on any atom is -0.488 e. The maximum Gasteiger partial charge on any atom is 0.190 e. The lowest BCUT2D eigenvalue weighted by Gasteiger charge is -2.21. The zero-order chi connectivity index (χ0) is 15.7. The molecule has 0 aliphatic carbocycles. The molecule has 0 amide bonds. The molecule has 0 aliphatic rings. The van der Waals surface area contributed by atoms with Crippen LogP contribution in [0.1, 0.15) is 20.8 Å². The Morgan fingerprint density at radius 2 is 1.73 bits per heavy atom. The van der Waals surface area contributed by atoms with Gasteiger partial charge in [-0.3, -0.25) is 4.79 Å². The predicted molar refractivity (Wildman–Crippen MR) is 90.4 cm³/mol. The van der Waals surface area contributed by atoms with Crippen molar-refractivity contribution in [2.24, 2.45) is 0 Å². The molecule has 0 spiro atoms. The van der Waals surface area contributed by atoms with Gasteiger partial charge in [0.05, 0.1) is 0 Å². The van der Waals surface area contributed by atoms with Crippen molar-refractivity contribution < 1.29 is 4.74 Å². The fraction of sp³-hybridized carbons (Fsp3) is 0.211. The SMILES string of the molecule is CC(C)(C)Oc1cccc(-c2cc(=O)c3ccccc3[nH]2)c1. The topological polar surface area (TPSA) is 42.1 Å². The van der Waals surface area contributed by atoms with E-state index in [9.17, 15) is 4.79 Å². The van der Waals surface area contributed by atoms with E-state index in [4.69, 9.17) is 4.74 Å². The van der Waals surface area contributed by atoms with Gasteiger partial charge in [0.25, 0.3) is 0 Å². The smallest absolute Gasteiger partial charge is 0.190 e. The Labute approximate surface area is 129 Å². The molecule has 0 aliphatic heterocycles. The Balaban J connectivity index is 2.08. The van der Waals surface area contributed by atoms with Gasteiger partial charge in [-0.25, -0.2) is 0 Å². The first-order valence-corrected chi connectivity index (χ1v) is 7.34. The van der Waals surface area contributed by atoms with Gasteiger partial charge >= 0.3 is 0 Å². The van der Waals surface area contributed by atoms with Crippen molar-refractivity contribution >= 4 is 10.9 Å². The van der Waals surface area contributed by atoms with Crippen LogP contribution in [0.4, 0.5) is 0 Å². The first-order valence-electron chi connectivity index (χ1n) is 7.34. The summed E-state index contributed by atoms with van der Waals surface area (Å²) in [7, 11) is 0. The third-order valence-corrected chi connectivity index (χ3v) is 3.31. The molecule has 3 aromatic rings. The van der Waals surface area contributed by atoms with E-state index in [1.165, 1.54) is 0 Å². The molecular formula is C19H19NO2. The number of nitrogens with one attached hydrogen (secondary N) is 1. The third kappa shape index (κ3) is 3.03. The Morgan fingerprint density at radius 1 is 0.955 bits per heavy atom. The van der Waals surface area contributed by atoms with Crippen LogP contribution in [0.3, 0.4) is 0 Å². The van der Waals surface area contributed by atoms with Crippen LogP contribution in [0.2, 0.25) is 0 Å². The van der Waals surface area contributed by atoms with Crippen molar-refractivity contribution in [3.63, 3.8) is 0 Å². The second-order valence-corrected chi connectivity index (χ2v) is 6.34. The monoisotopic (exact) mass is 293 g/mol. The van der Waals surface area contributed by atoms with E-state index in [1.54, 1.807) is 6.07 Å². The van der Waals surface area contributed by atoms with Gasteiger partial charge in [0.1, 0.15) is 11.4 Å². The highest BCUT2D eigenvalue weighted by atomic mass is 16.5. The number of rotatable bonds is 2. The fourth-order valence-corrected chi connectivity index (χ4v) is 2.43. The minimum absolute atomic E-state index is 0.0199. The van der Waals surface area contributed by atoms with Gasteiger partial charge in [0.15, 0.2) is 5.43 Å². The first-order chi connectivity index (χ1) is 10.4. The summed E-state index contributed by atoms with van der Waals surface area (Å²) >= 11 is 0. The average Bonchev–Trinajstić information content (AvgIpc) is 2.46. The van der Waals surface area contributed by atoms with Gasteiger partial charge in [-0.2, -0.15) is 0 Å². The molecule has 2 aromatic carbocycles. The number of aromatic nitrogens is 1. The number of fused-ring (bicyclic) bond motifs is 1. The Hall–Kier alpha value is -2.55. The zero-order valence-corrected chi connectivity index (χ0v) is 13.0. The number of para-hydroxylation sites is 1. The highest BCUT2D eigenvalue weighted by Gasteiger charge is 2.12. The molecule has 0 fully saturated rings. The molecule has 112 valence electrons. The van der Waals surface area contributed by atoms with E-state index in [2.05, 4.69) is 4.98 Å². The van der Waals surface area contributed by atoms with Gasteiger partial charge < -0.3 is 9.72 Å². The summed E-state index contributed by atoms with van der Waals surface area (Å²) in [5.74, 6) is 0.791. The Kier molecular flexibility index (Phi) is 3.49. The minimum atomic E-state index is -0.255. The Bertz CT molecular complexity index is 872. The lowest BCUT2D eigenvalue weighted by molar-refractivity contribution is 0.131. The van der Waals surface area contributed by atoms with Crippen LogP contribution in [0.5, 0.6) is 5.75 Å². The molecule has 1 N–H and O–H groups in total. The molecule has 0 saturated heterocycles. The Morgan fingerprint density at radius 3 is 2.50 bits per heavy atom. The zero-order valence-electron chi connectivity index (χ0n) is 13.0. The number of pyridine rings is 1. The normalized spacial score (nSPS) is 11.6. The van der Waals surface area contributed by atoms with Crippen LogP contribution < -0.4 is 10.2 Å². The molecule has 0 saturated carbocycles. The van der Waals surface area contributed by atoms with Gasteiger partial charge in [0.2, 0.25) is 0 Å². The summed E-state index contributed by atoms with van der Waals surface area (Å²) in [6.07, 6.45) is 0. The van der Waals surface area contributed by atoms with Gasteiger partial charge in [-0.15, -0.1) is 0 Å². The molecule has 0 unspecified atom stereocenters. The lowest BCUT2D eigenvalue weighted by Crippen LogP contribution is -2.22. The van der Waals surface area contributed by atoms with Crippen molar-refractivity contribution in [3.05, 3.63) is 64.8 Å². The molecule has 0 atom stereocenters. The van der Waals surface area contributed by atoms with Crippen molar-refractivity contribution in [1.29, 1.82) is 0 Å². The first kappa shape index (κ1) is 14.4. The maximum absolute atomic E-state index is 12.2. The molecule has 22 heavy (non-hydrogen) atoms. The summed E-state index contributed by atoms with van der Waals surface area (Å²) in [6, 6.07) is 16.9. The highest BCUT2D eigenvalue weighted by Crippen LogP contribution is 2.25. The standard InChI is InChI=1S/C19H19NO2/c1-19(2,3)22-14-8-6-7-13(11-14)17-12-18(21)15-9-4-5-10-16(15)20-17/h4-12H,1-3H3,(H,20,21). The van der Waals surface area contributed by atoms with Crippen LogP contribution in [0.15, 0.2) is 59.4 Å². The predicted octanol–water partition coefficient (Wildman–Crippen LogP) is 4.37. The summed E-state index contributed by atoms with van der Waals surface area (Å²) in [5, 5.41) is 0.702. The van der Waals surface area contributed by atoms with Gasteiger partial charge in [-0.05, 0) is 45.0 Å². The third-order valence-electron chi connectivity index (χ3n) is 3.31. The van der Waals surface area contributed by atoms with Crippen LogP contribution in [0.25, 0.3) is 22.2 Å². The van der Waals surface area contributed by atoms with E-state index in [0.29, 0.717) is 5.39 Å². The van der Waals surface area contributed by atoms with E-state index in [0.717, 1.165) is 22.5 Å². The van der Waals surface area contributed by atoms with Crippen LogP contribution in [0, 0.1) is 0 Å². The second-order valence-electron chi connectivity index (χ2n) is 6.34. The lowest BCUT2D eigenvalue weighted by atomic mass is 10.1. The molecule has 0 bridgehead atoms. The van der Waals surface area contributed by atoms with E-state index >= 15 is 0 Å². The average molecular weight is 293 g/mol. The van der Waals surface area contributed by atoms with Crippen LogP contribution in [-0.2, 0) is 0 Å². The van der Waals surface area contributed by atoms with E-state index in [-0.39, 0.29) is 11.0 Å². The highest BCUT2D eigenvalue weighted by molar-refractivity contribution is 5.81. The summed E-state index contributed by atoms with van der Waals surface area (Å²) in [4.78, 5) is 15.6. The van der Waals surface area contributed by atoms with Crippen molar-refractivity contribution in [1.82, 2.24) is 4.98 Å². The number of hydrogen-bond donors (Lipinski definition) is 1. The molecule has 3 nitrogen and oxygen atoms in total. The van der Waals surface area contributed by atoms with Crippen molar-refractivity contribution in [2.75, 3.05) is 0 Å². The van der Waals surface area contributed by atoms with Gasteiger partial charge in [-0.1, -0.05) is 24.3 Å². The fourth-order valence-electron chi connectivity index (χ4n) is 2.43. The number of hydrogen-bond acceptors (Lipinski definition) is 2. The van der Waals surface area contributed by atoms with E-state index in [1.807, 2.05) is 69.3 Å². The number of benzene rings is 2. The number of ether oxygens (including phenoxy) is 1. The van der Waals surface area contributed by atoms with Crippen molar-refractivity contribution in [2.45, 2.75) is 26.4 Å².